The van der Waals surface area contributed by atoms with Gasteiger partial charge in [-0.2, -0.15) is 10.1 Å². The van der Waals surface area contributed by atoms with Crippen molar-refractivity contribution in [3.05, 3.63) is 56.5 Å². The number of aromatic nitrogens is 4. The number of rotatable bonds is 7. The zero-order chi connectivity index (χ0) is 22.1. The van der Waals surface area contributed by atoms with Gasteiger partial charge in [-0.1, -0.05) is 44.7 Å². The first-order valence-corrected chi connectivity index (χ1v) is 10.7. The number of hydrogen-bond acceptors (Lipinski definition) is 5. The van der Waals surface area contributed by atoms with Gasteiger partial charge >= 0.3 is 5.69 Å². The topological polar surface area (TPSA) is 77.4 Å². The third-order valence-corrected chi connectivity index (χ3v) is 5.76. The molecule has 4 rings (SSSR count). The van der Waals surface area contributed by atoms with Gasteiger partial charge in [-0.15, -0.1) is 0 Å². The van der Waals surface area contributed by atoms with Gasteiger partial charge < -0.3 is 0 Å². The van der Waals surface area contributed by atoms with Crippen molar-refractivity contribution in [2.24, 2.45) is 19.2 Å². The lowest BCUT2D eigenvalue weighted by molar-refractivity contribution is 0.609. The molecule has 1 aliphatic rings. The molecule has 0 N–H and O–H groups in total. The lowest BCUT2D eigenvalue weighted by Gasteiger charge is -2.26. The second-order valence-corrected chi connectivity index (χ2v) is 7.97. The molecule has 2 aromatic heterocycles. The van der Waals surface area contributed by atoms with E-state index in [1.165, 1.54) is 36.6 Å². The van der Waals surface area contributed by atoms with Crippen molar-refractivity contribution in [2.75, 3.05) is 11.6 Å². The molecule has 1 aromatic carbocycles. The number of nitrogens with zero attached hydrogens (tertiary/aromatic N) is 6. The van der Waals surface area contributed by atoms with Gasteiger partial charge in [-0.3, -0.25) is 18.5 Å². The number of halogens is 1. The first-order chi connectivity index (χ1) is 14.9. The van der Waals surface area contributed by atoms with Crippen LogP contribution in [0, 0.1) is 5.82 Å². The average molecular weight is 426 g/mol. The largest absolute Gasteiger partial charge is 0.332 e. The Morgan fingerprint density at radius 3 is 2.42 bits per heavy atom. The van der Waals surface area contributed by atoms with E-state index in [9.17, 15) is 14.0 Å². The van der Waals surface area contributed by atoms with Crippen LogP contribution in [0.3, 0.4) is 0 Å². The van der Waals surface area contributed by atoms with E-state index in [-0.39, 0.29) is 11.4 Å². The van der Waals surface area contributed by atoms with Crippen molar-refractivity contribution >= 4 is 22.8 Å². The summed E-state index contributed by atoms with van der Waals surface area (Å²) >= 11 is 0. The number of benzene rings is 1. The lowest BCUT2D eigenvalue weighted by atomic mass is 10.1. The highest BCUT2D eigenvalue weighted by Crippen LogP contribution is 2.26. The standard InChI is InChI=1S/C22H27FN6O2/c1-4-5-6-7-8-13-29-21-24-19-18(20(30)27(3)22(31)26(19)2)28(21)14-17(25-29)15-9-11-16(23)12-10-15/h9-12H,4-8,13-14H2,1-3H3. The van der Waals surface area contributed by atoms with Gasteiger partial charge in [0, 0.05) is 20.6 Å². The van der Waals surface area contributed by atoms with Crippen LogP contribution in [0.1, 0.15) is 44.6 Å². The van der Waals surface area contributed by atoms with E-state index in [4.69, 9.17) is 5.10 Å². The number of hydrogen-bond donors (Lipinski definition) is 0. The summed E-state index contributed by atoms with van der Waals surface area (Å²) in [5.74, 6) is 0.236. The second-order valence-electron chi connectivity index (χ2n) is 7.97. The summed E-state index contributed by atoms with van der Waals surface area (Å²) in [6.45, 7) is 3.14. The average Bonchev–Trinajstić information content (AvgIpc) is 3.16. The maximum absolute atomic E-state index is 13.4. The smallest absolute Gasteiger partial charge is 0.297 e. The van der Waals surface area contributed by atoms with Gasteiger partial charge in [0.2, 0.25) is 5.95 Å². The van der Waals surface area contributed by atoms with Crippen LogP contribution in [0.2, 0.25) is 0 Å². The Bertz CT molecular complexity index is 1250. The van der Waals surface area contributed by atoms with Crippen molar-refractivity contribution in [1.82, 2.24) is 18.7 Å². The molecule has 0 unspecified atom stereocenters. The van der Waals surface area contributed by atoms with E-state index in [1.54, 1.807) is 24.2 Å². The van der Waals surface area contributed by atoms with Crippen molar-refractivity contribution in [1.29, 1.82) is 0 Å². The Morgan fingerprint density at radius 1 is 1.00 bits per heavy atom. The molecule has 9 heteroatoms. The van der Waals surface area contributed by atoms with Crippen LogP contribution in [0.25, 0.3) is 11.2 Å². The van der Waals surface area contributed by atoms with Crippen LogP contribution in [-0.2, 0) is 20.6 Å². The van der Waals surface area contributed by atoms with Crippen LogP contribution < -0.4 is 16.3 Å². The van der Waals surface area contributed by atoms with E-state index in [1.807, 2.05) is 4.57 Å². The van der Waals surface area contributed by atoms with Crippen molar-refractivity contribution < 1.29 is 4.39 Å². The van der Waals surface area contributed by atoms with Gasteiger partial charge in [0.05, 0.1) is 12.3 Å². The van der Waals surface area contributed by atoms with Crippen LogP contribution in [0.4, 0.5) is 10.3 Å². The predicted octanol–water partition coefficient (Wildman–Crippen LogP) is 2.77. The fourth-order valence-electron chi connectivity index (χ4n) is 3.96. The number of anilines is 1. The number of unbranched alkanes of at least 4 members (excludes halogenated alkanes) is 4. The Morgan fingerprint density at radius 2 is 1.71 bits per heavy atom. The first kappa shape index (κ1) is 21.0. The third-order valence-electron chi connectivity index (χ3n) is 5.76. The molecule has 0 radical (unpaired) electrons. The molecule has 164 valence electrons. The van der Waals surface area contributed by atoms with Crippen LogP contribution >= 0.6 is 0 Å². The first-order valence-electron chi connectivity index (χ1n) is 10.7. The van der Waals surface area contributed by atoms with E-state index in [2.05, 4.69) is 11.9 Å². The van der Waals surface area contributed by atoms with E-state index in [0.29, 0.717) is 30.2 Å². The zero-order valence-corrected chi connectivity index (χ0v) is 18.1. The van der Waals surface area contributed by atoms with E-state index < -0.39 is 5.69 Å². The SMILES string of the molecule is CCCCCCCN1N=C(c2ccc(F)cc2)Cn2c1nc1c2c(=O)n(C)c(=O)n1C. The summed E-state index contributed by atoms with van der Waals surface area (Å²) in [7, 11) is 3.08. The summed E-state index contributed by atoms with van der Waals surface area (Å²) < 4.78 is 17.7. The van der Waals surface area contributed by atoms with Crippen LogP contribution in [0.5, 0.6) is 0 Å². The quantitative estimate of drug-likeness (QED) is 0.545. The highest BCUT2D eigenvalue weighted by atomic mass is 19.1. The number of imidazole rings is 1. The van der Waals surface area contributed by atoms with Crippen molar-refractivity contribution in [3.63, 3.8) is 0 Å². The summed E-state index contributed by atoms with van der Waals surface area (Å²) in [6.07, 6.45) is 5.53. The number of fused-ring (bicyclic) bond motifs is 3. The number of hydrazone groups is 1. The highest BCUT2D eigenvalue weighted by molar-refractivity contribution is 6.02. The molecule has 0 aliphatic carbocycles. The summed E-state index contributed by atoms with van der Waals surface area (Å²) in [4.78, 5) is 30.0. The molecule has 3 heterocycles. The minimum absolute atomic E-state index is 0.314. The van der Waals surface area contributed by atoms with Crippen LogP contribution in [-0.4, -0.2) is 30.9 Å². The number of aryl methyl sites for hydroxylation is 1. The normalized spacial score (nSPS) is 13.5. The minimum atomic E-state index is -0.418. The Hall–Kier alpha value is -3.23. The Balaban J connectivity index is 1.80. The molecule has 0 spiro atoms. The third kappa shape index (κ3) is 3.80. The molecule has 31 heavy (non-hydrogen) atoms. The highest BCUT2D eigenvalue weighted by Gasteiger charge is 2.27. The fraction of sp³-hybridized carbons (Fsp3) is 0.455. The maximum Gasteiger partial charge on any atom is 0.332 e. The van der Waals surface area contributed by atoms with Gasteiger partial charge in [-0.05, 0) is 24.1 Å². The minimum Gasteiger partial charge on any atom is -0.297 e. The van der Waals surface area contributed by atoms with Crippen molar-refractivity contribution in [2.45, 2.75) is 45.6 Å². The van der Waals surface area contributed by atoms with Gasteiger partial charge in [0.15, 0.2) is 11.2 Å². The van der Waals surface area contributed by atoms with Gasteiger partial charge in [0.25, 0.3) is 5.56 Å². The Kier molecular flexibility index (Phi) is 5.75. The summed E-state index contributed by atoms with van der Waals surface area (Å²) in [5.41, 5.74) is 1.40. The Labute approximate surface area is 179 Å². The molecule has 0 saturated heterocycles. The molecule has 0 fully saturated rings. The second kappa shape index (κ2) is 8.49. The monoisotopic (exact) mass is 426 g/mol. The van der Waals surface area contributed by atoms with E-state index >= 15 is 0 Å². The molecule has 0 saturated carbocycles. The molecular formula is C22H27FN6O2. The predicted molar refractivity (Wildman–Crippen MR) is 119 cm³/mol. The summed E-state index contributed by atoms with van der Waals surface area (Å²) in [5, 5.41) is 6.59. The van der Waals surface area contributed by atoms with Crippen molar-refractivity contribution in [3.8, 4) is 0 Å². The van der Waals surface area contributed by atoms with Gasteiger partial charge in [-0.25, -0.2) is 14.2 Å². The zero-order valence-electron chi connectivity index (χ0n) is 18.1. The molecule has 0 amide bonds. The summed E-state index contributed by atoms with van der Waals surface area (Å²) in [6, 6.07) is 6.17. The van der Waals surface area contributed by atoms with Gasteiger partial charge in [0.1, 0.15) is 5.82 Å². The molecule has 1 aliphatic heterocycles. The molecule has 3 aromatic rings. The molecule has 0 atom stereocenters. The maximum atomic E-state index is 13.4. The molecule has 8 nitrogen and oxygen atoms in total. The van der Waals surface area contributed by atoms with Crippen LogP contribution in [0.15, 0.2) is 39.0 Å². The van der Waals surface area contributed by atoms with E-state index in [0.717, 1.165) is 35.1 Å². The fourth-order valence-corrected chi connectivity index (χ4v) is 3.96. The molecular weight excluding hydrogens is 399 g/mol. The molecule has 0 bridgehead atoms. The lowest BCUT2D eigenvalue weighted by Crippen LogP contribution is -2.38.